The SMILES string of the molecule is CC/C=C\C/C=C\C/C=C\C/C=C\C/C=C\C/C=C\CCC(=O)OC(COC(=O)CCCCCCCCC/C=C\C/C=C\C/C=C\CC)COP(=O)(O)OCC(O)CO. The number of hydrogen-bond acceptors (Lipinski definition) is 9. The molecule has 0 spiro atoms. The summed E-state index contributed by atoms with van der Waals surface area (Å²) in [6.07, 6.45) is 53.5. The van der Waals surface area contributed by atoms with Crippen molar-refractivity contribution in [2.45, 2.75) is 154 Å². The Morgan fingerprint density at radius 3 is 1.39 bits per heavy atom. The van der Waals surface area contributed by atoms with Crippen molar-refractivity contribution in [1.82, 2.24) is 0 Å². The van der Waals surface area contributed by atoms with E-state index < -0.39 is 51.8 Å². The first-order valence-electron chi connectivity index (χ1n) is 21.8. The van der Waals surface area contributed by atoms with Gasteiger partial charge in [-0.25, -0.2) is 4.57 Å². The van der Waals surface area contributed by atoms with Crippen molar-refractivity contribution >= 4 is 19.8 Å². The molecular weight excluding hydrogens is 767 g/mol. The van der Waals surface area contributed by atoms with Gasteiger partial charge in [-0.3, -0.25) is 18.6 Å². The normalized spacial score (nSPS) is 14.9. The van der Waals surface area contributed by atoms with Crippen LogP contribution in [0.15, 0.2) is 109 Å². The van der Waals surface area contributed by atoms with Crippen LogP contribution in [0.3, 0.4) is 0 Å². The highest BCUT2D eigenvalue weighted by Crippen LogP contribution is 2.43. The number of phosphoric acid groups is 1. The predicted octanol–water partition coefficient (Wildman–Crippen LogP) is 11.8. The Hall–Kier alpha value is -3.37. The van der Waals surface area contributed by atoms with Gasteiger partial charge in [0, 0.05) is 12.8 Å². The van der Waals surface area contributed by atoms with E-state index in [1.54, 1.807) is 0 Å². The molecule has 0 aromatic carbocycles. The highest BCUT2D eigenvalue weighted by atomic mass is 31.2. The number of aliphatic hydroxyl groups excluding tert-OH is 2. The molecule has 0 saturated heterocycles. The molecule has 0 heterocycles. The number of allylic oxidation sites excluding steroid dienone is 18. The molecule has 11 heteroatoms. The number of hydrogen-bond donors (Lipinski definition) is 3. The molecule has 0 aliphatic rings. The van der Waals surface area contributed by atoms with Crippen LogP contribution >= 0.6 is 7.82 Å². The minimum Gasteiger partial charge on any atom is -0.462 e. The Morgan fingerprint density at radius 1 is 0.508 bits per heavy atom. The van der Waals surface area contributed by atoms with E-state index in [1.807, 2.05) is 12.2 Å². The Balaban J connectivity index is 4.45. The first kappa shape index (κ1) is 55.6. The zero-order chi connectivity index (χ0) is 43.3. The van der Waals surface area contributed by atoms with E-state index in [2.05, 4.69) is 116 Å². The number of esters is 2. The molecule has 0 aromatic rings. The molecule has 3 N–H and O–H groups in total. The summed E-state index contributed by atoms with van der Waals surface area (Å²) in [4.78, 5) is 35.0. The lowest BCUT2D eigenvalue weighted by atomic mass is 10.1. The largest absolute Gasteiger partial charge is 0.472 e. The van der Waals surface area contributed by atoms with Crippen LogP contribution in [-0.4, -0.2) is 65.7 Å². The van der Waals surface area contributed by atoms with E-state index in [0.717, 1.165) is 89.9 Å². The van der Waals surface area contributed by atoms with Crippen molar-refractivity contribution in [3.8, 4) is 0 Å². The zero-order valence-electron chi connectivity index (χ0n) is 36.2. The van der Waals surface area contributed by atoms with Gasteiger partial charge in [-0.05, 0) is 83.5 Å². The van der Waals surface area contributed by atoms with Crippen LogP contribution in [0, 0.1) is 0 Å². The van der Waals surface area contributed by atoms with Gasteiger partial charge in [0.1, 0.15) is 12.7 Å². The van der Waals surface area contributed by atoms with Gasteiger partial charge >= 0.3 is 19.8 Å². The van der Waals surface area contributed by atoms with Crippen molar-refractivity contribution in [3.05, 3.63) is 109 Å². The zero-order valence-corrected chi connectivity index (χ0v) is 37.1. The first-order valence-corrected chi connectivity index (χ1v) is 23.3. The molecule has 0 amide bonds. The maximum atomic E-state index is 12.6. The van der Waals surface area contributed by atoms with Crippen LogP contribution < -0.4 is 0 Å². The third kappa shape index (κ3) is 42.6. The average molecular weight is 845 g/mol. The van der Waals surface area contributed by atoms with Gasteiger partial charge in [0.05, 0.1) is 19.8 Å². The molecule has 0 aliphatic carbocycles. The molecule has 3 unspecified atom stereocenters. The van der Waals surface area contributed by atoms with Crippen molar-refractivity contribution in [3.63, 3.8) is 0 Å². The minimum atomic E-state index is -4.65. The number of phosphoric ester groups is 1. The van der Waals surface area contributed by atoms with E-state index in [-0.39, 0.29) is 19.4 Å². The lowest BCUT2D eigenvalue weighted by Gasteiger charge is -2.20. The molecule has 0 rings (SSSR count). The molecule has 0 fully saturated rings. The van der Waals surface area contributed by atoms with Gasteiger partial charge in [0.25, 0.3) is 0 Å². The molecule has 0 bridgehead atoms. The summed E-state index contributed by atoms with van der Waals surface area (Å²) in [5, 5.41) is 18.3. The second-order valence-corrected chi connectivity index (χ2v) is 15.4. The monoisotopic (exact) mass is 845 g/mol. The Morgan fingerprint density at radius 2 is 0.915 bits per heavy atom. The maximum absolute atomic E-state index is 12.6. The summed E-state index contributed by atoms with van der Waals surface area (Å²) in [7, 11) is -4.65. The number of ether oxygens (including phenoxy) is 2. The molecule has 0 saturated carbocycles. The van der Waals surface area contributed by atoms with Crippen molar-refractivity contribution in [2.75, 3.05) is 26.4 Å². The van der Waals surface area contributed by atoms with Gasteiger partial charge < -0.3 is 24.6 Å². The van der Waals surface area contributed by atoms with Gasteiger partial charge in [0.2, 0.25) is 0 Å². The summed E-state index contributed by atoms with van der Waals surface area (Å²) in [5.74, 6) is -1.05. The molecule has 334 valence electrons. The van der Waals surface area contributed by atoms with E-state index in [1.165, 1.54) is 12.8 Å². The Bertz CT molecular complexity index is 1340. The fraction of sp³-hybridized carbons (Fsp3) is 0.583. The molecule has 0 radical (unpaired) electrons. The van der Waals surface area contributed by atoms with Crippen molar-refractivity contribution in [2.24, 2.45) is 0 Å². The molecule has 0 aromatic heterocycles. The number of aliphatic hydroxyl groups is 2. The predicted molar refractivity (Wildman–Crippen MR) is 242 cm³/mol. The van der Waals surface area contributed by atoms with Gasteiger partial charge in [0.15, 0.2) is 6.10 Å². The maximum Gasteiger partial charge on any atom is 0.472 e. The second kappa shape index (κ2) is 42.7. The third-order valence-electron chi connectivity index (χ3n) is 8.44. The summed E-state index contributed by atoms with van der Waals surface area (Å²) in [5.41, 5.74) is 0. The highest BCUT2D eigenvalue weighted by molar-refractivity contribution is 7.47. The van der Waals surface area contributed by atoms with Crippen LogP contribution in [0.1, 0.15) is 142 Å². The molecule has 59 heavy (non-hydrogen) atoms. The number of unbranched alkanes of at least 4 members (excludes halogenated alkanes) is 7. The number of carbonyl (C=O) groups is 2. The van der Waals surface area contributed by atoms with Gasteiger partial charge in [-0.15, -0.1) is 0 Å². The molecule has 10 nitrogen and oxygen atoms in total. The lowest BCUT2D eigenvalue weighted by Crippen LogP contribution is -2.29. The quantitative estimate of drug-likeness (QED) is 0.0236. The fourth-order valence-electron chi connectivity index (χ4n) is 5.15. The van der Waals surface area contributed by atoms with Crippen molar-refractivity contribution in [1.29, 1.82) is 0 Å². The van der Waals surface area contributed by atoms with Gasteiger partial charge in [-0.2, -0.15) is 0 Å². The smallest absolute Gasteiger partial charge is 0.462 e. The van der Waals surface area contributed by atoms with E-state index in [0.29, 0.717) is 12.8 Å². The fourth-order valence-corrected chi connectivity index (χ4v) is 5.94. The molecular formula is C48H77O10P. The second-order valence-electron chi connectivity index (χ2n) is 14.0. The summed E-state index contributed by atoms with van der Waals surface area (Å²) < 4.78 is 32.6. The van der Waals surface area contributed by atoms with Crippen LogP contribution in [0.4, 0.5) is 0 Å². The summed E-state index contributed by atoms with van der Waals surface area (Å²) in [6, 6.07) is 0. The molecule has 3 atom stereocenters. The van der Waals surface area contributed by atoms with Crippen molar-refractivity contribution < 1.29 is 47.8 Å². The van der Waals surface area contributed by atoms with E-state index >= 15 is 0 Å². The Kier molecular flexibility index (Phi) is 40.3. The molecule has 0 aliphatic heterocycles. The number of carbonyl (C=O) groups excluding carboxylic acids is 2. The first-order chi connectivity index (χ1) is 28.7. The highest BCUT2D eigenvalue weighted by Gasteiger charge is 2.27. The third-order valence-corrected chi connectivity index (χ3v) is 9.39. The standard InChI is InChI=1S/C48H77O10P/c1-3-5-7-9-11-13-15-17-19-21-22-24-26-28-30-32-34-36-38-40-48(52)58-46(44-57-59(53,54)56-42-45(50)41-49)43-55-47(51)39-37-35-33-31-29-27-25-23-20-18-16-14-12-10-8-6-4-2/h5-8,11-14,17-20,22,24,28,30,34,36,45-46,49-50H,3-4,9-10,15-16,21,23,25-27,29,31-33,35,37-44H2,1-2H3,(H,53,54)/b7-5-,8-6-,13-11-,14-12-,19-17-,20-18-,24-22-,30-28-,36-34-. The van der Waals surface area contributed by atoms with Crippen LogP contribution in [0.2, 0.25) is 0 Å². The summed E-state index contributed by atoms with van der Waals surface area (Å²) >= 11 is 0. The van der Waals surface area contributed by atoms with E-state index in [4.69, 9.17) is 19.1 Å². The van der Waals surface area contributed by atoms with Crippen LogP contribution in [0.5, 0.6) is 0 Å². The lowest BCUT2D eigenvalue weighted by molar-refractivity contribution is -0.161. The summed E-state index contributed by atoms with van der Waals surface area (Å²) in [6.45, 7) is 2.03. The van der Waals surface area contributed by atoms with Crippen LogP contribution in [0.25, 0.3) is 0 Å². The Labute approximate surface area is 356 Å². The van der Waals surface area contributed by atoms with E-state index in [9.17, 15) is 24.2 Å². The number of rotatable bonds is 39. The van der Waals surface area contributed by atoms with Gasteiger partial charge in [-0.1, -0.05) is 155 Å². The minimum absolute atomic E-state index is 0.0499. The van der Waals surface area contributed by atoms with Crippen LogP contribution in [-0.2, 0) is 32.7 Å². The average Bonchev–Trinajstić information content (AvgIpc) is 3.22. The topological polar surface area (TPSA) is 149 Å².